The average Bonchev–Trinajstić information content (AvgIpc) is 2.37. The molecule has 0 saturated heterocycles. The molecule has 1 aromatic rings. The van der Waals surface area contributed by atoms with Gasteiger partial charge < -0.3 is 20.8 Å². The molecule has 1 rings (SSSR count). The van der Waals surface area contributed by atoms with E-state index in [1.54, 1.807) is 4.90 Å². The predicted molar refractivity (Wildman–Crippen MR) is 69.6 cm³/mol. The van der Waals surface area contributed by atoms with Crippen LogP contribution in [0.4, 0.5) is 0 Å². The van der Waals surface area contributed by atoms with Crippen LogP contribution in [-0.2, 0) is 0 Å². The van der Waals surface area contributed by atoms with Gasteiger partial charge in [0.05, 0.1) is 5.56 Å². The topological polar surface area (TPSA) is 86.8 Å². The lowest BCUT2D eigenvalue weighted by atomic mass is 10.1. The number of hydrogen-bond donors (Lipinski definition) is 3. The summed E-state index contributed by atoms with van der Waals surface area (Å²) in [4.78, 5) is 13.8. The van der Waals surface area contributed by atoms with Gasteiger partial charge in [-0.25, -0.2) is 0 Å². The van der Waals surface area contributed by atoms with Crippen LogP contribution in [0.1, 0.15) is 30.1 Å². The maximum Gasteiger partial charge on any atom is 0.257 e. The minimum absolute atomic E-state index is 0.111. The van der Waals surface area contributed by atoms with Crippen LogP contribution in [0.25, 0.3) is 0 Å². The summed E-state index contributed by atoms with van der Waals surface area (Å²) in [7, 11) is 0. The first-order valence-corrected chi connectivity index (χ1v) is 6.12. The third kappa shape index (κ3) is 3.37. The molecule has 0 aromatic heterocycles. The summed E-state index contributed by atoms with van der Waals surface area (Å²) in [5, 5.41) is 19.1. The van der Waals surface area contributed by atoms with Gasteiger partial charge in [0.1, 0.15) is 0 Å². The van der Waals surface area contributed by atoms with Crippen molar-refractivity contribution in [3.05, 3.63) is 23.8 Å². The van der Waals surface area contributed by atoms with Crippen LogP contribution in [0.2, 0.25) is 0 Å². The van der Waals surface area contributed by atoms with Crippen molar-refractivity contribution in [1.29, 1.82) is 0 Å². The monoisotopic (exact) mass is 252 g/mol. The minimum Gasteiger partial charge on any atom is -0.504 e. The van der Waals surface area contributed by atoms with Gasteiger partial charge in [-0.1, -0.05) is 19.4 Å². The second-order valence-electron chi connectivity index (χ2n) is 4.11. The molecule has 0 heterocycles. The van der Waals surface area contributed by atoms with Crippen LogP contribution in [0.5, 0.6) is 11.5 Å². The fourth-order valence-electron chi connectivity index (χ4n) is 1.69. The van der Waals surface area contributed by atoms with Gasteiger partial charge in [-0.2, -0.15) is 0 Å². The van der Waals surface area contributed by atoms with Crippen molar-refractivity contribution >= 4 is 5.91 Å². The maximum absolute atomic E-state index is 12.2. The second kappa shape index (κ2) is 6.86. The first-order valence-electron chi connectivity index (χ1n) is 6.12. The Labute approximate surface area is 107 Å². The quantitative estimate of drug-likeness (QED) is 0.666. The zero-order valence-corrected chi connectivity index (χ0v) is 10.6. The Balaban J connectivity index is 2.90. The summed E-state index contributed by atoms with van der Waals surface area (Å²) in [6.45, 7) is 3.45. The van der Waals surface area contributed by atoms with Crippen LogP contribution in [0.15, 0.2) is 18.2 Å². The summed E-state index contributed by atoms with van der Waals surface area (Å²) >= 11 is 0. The van der Waals surface area contributed by atoms with Crippen molar-refractivity contribution in [2.45, 2.75) is 19.8 Å². The van der Waals surface area contributed by atoms with Gasteiger partial charge in [-0.05, 0) is 18.6 Å². The largest absolute Gasteiger partial charge is 0.504 e. The van der Waals surface area contributed by atoms with Crippen molar-refractivity contribution < 1.29 is 15.0 Å². The van der Waals surface area contributed by atoms with Crippen LogP contribution in [0, 0.1) is 0 Å². The Hall–Kier alpha value is -1.75. The fourth-order valence-corrected chi connectivity index (χ4v) is 1.69. The van der Waals surface area contributed by atoms with E-state index in [9.17, 15) is 15.0 Å². The summed E-state index contributed by atoms with van der Waals surface area (Å²) in [5.74, 6) is -0.965. The normalized spacial score (nSPS) is 10.3. The van der Waals surface area contributed by atoms with E-state index in [0.29, 0.717) is 19.6 Å². The van der Waals surface area contributed by atoms with Gasteiger partial charge in [0, 0.05) is 19.6 Å². The van der Waals surface area contributed by atoms with Crippen LogP contribution >= 0.6 is 0 Å². The molecular weight excluding hydrogens is 232 g/mol. The molecule has 0 spiro atoms. The summed E-state index contributed by atoms with van der Waals surface area (Å²) in [5.41, 5.74) is 5.59. The van der Waals surface area contributed by atoms with Crippen molar-refractivity contribution in [2.75, 3.05) is 19.6 Å². The fraction of sp³-hybridized carbons (Fsp3) is 0.462. The number of nitrogens with two attached hydrogens (primary N) is 1. The Morgan fingerprint density at radius 2 is 2.06 bits per heavy atom. The highest BCUT2D eigenvalue weighted by Crippen LogP contribution is 2.29. The van der Waals surface area contributed by atoms with Crippen molar-refractivity contribution in [1.82, 2.24) is 4.90 Å². The number of nitrogens with zero attached hydrogens (tertiary/aromatic N) is 1. The molecule has 18 heavy (non-hydrogen) atoms. The highest BCUT2D eigenvalue weighted by molar-refractivity contribution is 5.97. The predicted octanol–water partition coefficient (Wildman–Crippen LogP) is 1.30. The zero-order chi connectivity index (χ0) is 13.5. The third-order valence-electron chi connectivity index (χ3n) is 2.71. The lowest BCUT2D eigenvalue weighted by Gasteiger charge is -2.22. The molecule has 0 radical (unpaired) electrons. The third-order valence-corrected chi connectivity index (χ3v) is 2.71. The summed E-state index contributed by atoms with van der Waals surface area (Å²) < 4.78 is 0. The van der Waals surface area contributed by atoms with E-state index < -0.39 is 0 Å². The number of hydrogen-bond acceptors (Lipinski definition) is 4. The van der Waals surface area contributed by atoms with E-state index in [4.69, 9.17) is 5.73 Å². The number of phenols is 2. The number of phenolic OH excluding ortho intramolecular Hbond substituents is 2. The first-order chi connectivity index (χ1) is 8.61. The molecule has 1 aromatic carbocycles. The molecule has 4 N–H and O–H groups in total. The molecule has 5 nitrogen and oxygen atoms in total. The molecule has 0 saturated carbocycles. The standard InChI is InChI=1S/C13H20N2O3/c1-2-3-8-15(9-7-14)13(18)10-5-4-6-11(16)12(10)17/h4-6,16-17H,2-3,7-9,14H2,1H3. The number of carbonyl (C=O) groups excluding carboxylic acids is 1. The molecular formula is C13H20N2O3. The van der Waals surface area contributed by atoms with E-state index in [1.165, 1.54) is 18.2 Å². The number of carbonyl (C=O) groups is 1. The number of benzene rings is 1. The molecule has 0 unspecified atom stereocenters. The Morgan fingerprint density at radius 1 is 1.33 bits per heavy atom. The molecule has 0 aliphatic carbocycles. The van der Waals surface area contributed by atoms with E-state index in [0.717, 1.165) is 12.8 Å². The van der Waals surface area contributed by atoms with E-state index >= 15 is 0 Å². The van der Waals surface area contributed by atoms with Crippen LogP contribution < -0.4 is 5.73 Å². The molecule has 0 aliphatic rings. The lowest BCUT2D eigenvalue weighted by Crippen LogP contribution is -2.36. The average molecular weight is 252 g/mol. The van der Waals surface area contributed by atoms with Gasteiger partial charge in [0.2, 0.25) is 0 Å². The van der Waals surface area contributed by atoms with E-state index in [-0.39, 0.29) is 23.0 Å². The molecule has 1 amide bonds. The lowest BCUT2D eigenvalue weighted by molar-refractivity contribution is 0.0754. The maximum atomic E-state index is 12.2. The highest BCUT2D eigenvalue weighted by Gasteiger charge is 2.19. The van der Waals surface area contributed by atoms with Gasteiger partial charge >= 0.3 is 0 Å². The summed E-state index contributed by atoms with van der Waals surface area (Å²) in [6.07, 6.45) is 1.85. The van der Waals surface area contributed by atoms with E-state index in [1.807, 2.05) is 6.92 Å². The van der Waals surface area contributed by atoms with Crippen molar-refractivity contribution in [3.8, 4) is 11.5 Å². The molecule has 5 heteroatoms. The van der Waals surface area contributed by atoms with Crippen LogP contribution in [-0.4, -0.2) is 40.7 Å². The SMILES string of the molecule is CCCCN(CCN)C(=O)c1cccc(O)c1O. The number of aromatic hydroxyl groups is 2. The Kier molecular flexibility index (Phi) is 5.45. The van der Waals surface area contributed by atoms with Crippen LogP contribution in [0.3, 0.4) is 0 Å². The second-order valence-corrected chi connectivity index (χ2v) is 4.11. The smallest absolute Gasteiger partial charge is 0.257 e. The van der Waals surface area contributed by atoms with Crippen molar-refractivity contribution in [2.24, 2.45) is 5.73 Å². The van der Waals surface area contributed by atoms with Gasteiger partial charge in [-0.15, -0.1) is 0 Å². The van der Waals surface area contributed by atoms with E-state index in [2.05, 4.69) is 0 Å². The molecule has 0 fully saturated rings. The number of unbranched alkanes of at least 4 members (excludes halogenated alkanes) is 1. The Morgan fingerprint density at radius 3 is 2.67 bits per heavy atom. The highest BCUT2D eigenvalue weighted by atomic mass is 16.3. The van der Waals surface area contributed by atoms with Gasteiger partial charge in [-0.3, -0.25) is 4.79 Å². The first kappa shape index (κ1) is 14.3. The van der Waals surface area contributed by atoms with Gasteiger partial charge in [0.25, 0.3) is 5.91 Å². The summed E-state index contributed by atoms with van der Waals surface area (Å²) in [6, 6.07) is 4.36. The zero-order valence-electron chi connectivity index (χ0n) is 10.6. The Bertz CT molecular complexity index is 407. The molecule has 100 valence electrons. The number of para-hydroxylation sites is 1. The molecule has 0 bridgehead atoms. The van der Waals surface area contributed by atoms with Gasteiger partial charge in [0.15, 0.2) is 11.5 Å². The minimum atomic E-state index is -0.374. The van der Waals surface area contributed by atoms with Crippen molar-refractivity contribution in [3.63, 3.8) is 0 Å². The number of amides is 1. The number of rotatable bonds is 6. The molecule has 0 atom stereocenters. The molecule has 0 aliphatic heterocycles.